The molecule has 0 spiro atoms. The summed E-state index contributed by atoms with van der Waals surface area (Å²) < 4.78 is 11.4. The van der Waals surface area contributed by atoms with Gasteiger partial charge in [-0.3, -0.25) is 4.90 Å². The van der Waals surface area contributed by atoms with E-state index in [0.717, 1.165) is 25.0 Å². The molecule has 26 heavy (non-hydrogen) atoms. The molecule has 0 saturated carbocycles. The fraction of sp³-hybridized carbons (Fsp3) is 0.476. The number of aliphatic hydroxyl groups is 1. The van der Waals surface area contributed by atoms with E-state index in [-0.39, 0.29) is 6.10 Å². The highest BCUT2D eigenvalue weighted by Crippen LogP contribution is 2.32. The van der Waals surface area contributed by atoms with Gasteiger partial charge in [-0.1, -0.05) is 24.3 Å². The number of benzene rings is 1. The van der Waals surface area contributed by atoms with Crippen molar-refractivity contribution in [2.24, 2.45) is 0 Å². The molecule has 1 aliphatic rings. The zero-order valence-electron chi connectivity index (χ0n) is 15.0. The summed E-state index contributed by atoms with van der Waals surface area (Å²) >= 11 is 0. The van der Waals surface area contributed by atoms with Gasteiger partial charge in [0.1, 0.15) is 5.76 Å². The van der Waals surface area contributed by atoms with Gasteiger partial charge in [0.05, 0.1) is 37.7 Å². The van der Waals surface area contributed by atoms with E-state index in [2.05, 4.69) is 24.3 Å². The summed E-state index contributed by atoms with van der Waals surface area (Å²) in [6.45, 7) is 1.93. The highest BCUT2D eigenvalue weighted by Gasteiger charge is 2.22. The van der Waals surface area contributed by atoms with Crippen LogP contribution in [0.3, 0.4) is 0 Å². The molecule has 1 aromatic carbocycles. The molecule has 0 radical (unpaired) electrons. The Balaban J connectivity index is 1.52. The van der Waals surface area contributed by atoms with E-state index in [9.17, 15) is 5.11 Å². The lowest BCUT2D eigenvalue weighted by Crippen LogP contribution is -2.35. The van der Waals surface area contributed by atoms with E-state index in [1.807, 2.05) is 23.1 Å². The average Bonchev–Trinajstić information content (AvgIpc) is 3.17. The van der Waals surface area contributed by atoms with Gasteiger partial charge in [-0.15, -0.1) is 0 Å². The Morgan fingerprint density at radius 2 is 2.19 bits per heavy atom. The topological polar surface area (TPSA) is 69.6 Å². The van der Waals surface area contributed by atoms with Crippen molar-refractivity contribution in [2.75, 3.05) is 19.7 Å². The molecule has 0 unspecified atom stereocenters. The highest BCUT2D eigenvalue weighted by atomic mass is 16.5. The first-order valence-corrected chi connectivity index (χ1v) is 9.25. The van der Waals surface area contributed by atoms with Crippen LogP contribution in [0.4, 0.5) is 0 Å². The number of ether oxygens (including phenoxy) is 1. The number of nitriles is 1. The minimum absolute atomic E-state index is 0.0623. The second-order valence-corrected chi connectivity index (χ2v) is 6.79. The van der Waals surface area contributed by atoms with Crippen molar-refractivity contribution in [1.29, 1.82) is 5.26 Å². The van der Waals surface area contributed by atoms with Gasteiger partial charge in [-0.2, -0.15) is 5.26 Å². The summed E-state index contributed by atoms with van der Waals surface area (Å²) in [7, 11) is 0. The fourth-order valence-corrected chi connectivity index (χ4v) is 3.53. The van der Waals surface area contributed by atoms with Gasteiger partial charge in [0.15, 0.2) is 0 Å². The van der Waals surface area contributed by atoms with E-state index in [1.54, 1.807) is 6.26 Å². The Kier molecular flexibility index (Phi) is 6.84. The number of nitrogens with zero attached hydrogens (tertiary/aromatic N) is 2. The van der Waals surface area contributed by atoms with Crippen molar-refractivity contribution in [3.63, 3.8) is 0 Å². The van der Waals surface area contributed by atoms with Crippen LogP contribution in [-0.4, -0.2) is 35.8 Å². The molecule has 1 N–H and O–H groups in total. The number of aliphatic hydroxyl groups excluding tert-OH is 1. The maximum Gasteiger partial charge on any atom is 0.117 e. The molecular formula is C21H26N2O3. The third-order valence-electron chi connectivity index (χ3n) is 4.77. The van der Waals surface area contributed by atoms with Crippen molar-refractivity contribution in [2.45, 2.75) is 44.4 Å². The molecule has 0 amide bonds. The van der Waals surface area contributed by atoms with E-state index in [0.29, 0.717) is 32.7 Å². The first-order chi connectivity index (χ1) is 12.8. The molecule has 1 aliphatic carbocycles. The summed E-state index contributed by atoms with van der Waals surface area (Å²) in [6.07, 6.45) is 4.73. The van der Waals surface area contributed by atoms with Crippen LogP contribution in [0.5, 0.6) is 0 Å². The normalized spacial score (nSPS) is 17.7. The third-order valence-corrected chi connectivity index (χ3v) is 4.77. The summed E-state index contributed by atoms with van der Waals surface area (Å²) in [6, 6.07) is 14.3. The van der Waals surface area contributed by atoms with E-state index in [4.69, 9.17) is 14.4 Å². The van der Waals surface area contributed by atoms with Crippen LogP contribution in [-0.2, 0) is 17.7 Å². The molecule has 0 aliphatic heterocycles. The number of rotatable bonds is 9. The van der Waals surface area contributed by atoms with Crippen LogP contribution in [0, 0.1) is 11.3 Å². The summed E-state index contributed by atoms with van der Waals surface area (Å²) in [4.78, 5) is 2.03. The lowest BCUT2D eigenvalue weighted by Gasteiger charge is -2.28. The molecule has 2 atom stereocenters. The lowest BCUT2D eigenvalue weighted by molar-refractivity contribution is -0.0292. The van der Waals surface area contributed by atoms with Crippen LogP contribution >= 0.6 is 0 Å². The van der Waals surface area contributed by atoms with Gasteiger partial charge in [-0.05, 0) is 42.5 Å². The zero-order valence-corrected chi connectivity index (χ0v) is 15.0. The van der Waals surface area contributed by atoms with Crippen LogP contribution in [0.15, 0.2) is 47.1 Å². The second-order valence-electron chi connectivity index (χ2n) is 6.79. The minimum atomic E-state index is -0.599. The Morgan fingerprint density at radius 1 is 1.31 bits per heavy atom. The first-order valence-electron chi connectivity index (χ1n) is 9.25. The SMILES string of the molecule is N#CCCN(Cc1ccco1)C[C@H](O)CO[C@@H]1CCCc2ccccc21. The van der Waals surface area contributed by atoms with Gasteiger partial charge in [0, 0.05) is 19.5 Å². The van der Waals surface area contributed by atoms with Gasteiger partial charge in [-0.25, -0.2) is 0 Å². The van der Waals surface area contributed by atoms with E-state index in [1.165, 1.54) is 11.1 Å². The molecule has 138 valence electrons. The van der Waals surface area contributed by atoms with Crippen molar-refractivity contribution < 1.29 is 14.3 Å². The van der Waals surface area contributed by atoms with Crippen molar-refractivity contribution >= 4 is 0 Å². The van der Waals surface area contributed by atoms with E-state index < -0.39 is 6.10 Å². The maximum absolute atomic E-state index is 10.4. The van der Waals surface area contributed by atoms with Crippen molar-refractivity contribution in [3.05, 3.63) is 59.5 Å². The molecule has 0 saturated heterocycles. The Hall–Kier alpha value is -2.13. The average molecular weight is 354 g/mol. The van der Waals surface area contributed by atoms with Crippen molar-refractivity contribution in [1.82, 2.24) is 4.90 Å². The molecule has 0 bridgehead atoms. The van der Waals surface area contributed by atoms with Crippen LogP contribution in [0.2, 0.25) is 0 Å². The van der Waals surface area contributed by atoms with E-state index >= 15 is 0 Å². The molecule has 1 aromatic heterocycles. The monoisotopic (exact) mass is 354 g/mol. The fourth-order valence-electron chi connectivity index (χ4n) is 3.53. The summed E-state index contributed by atoms with van der Waals surface area (Å²) in [5, 5.41) is 19.3. The molecule has 5 nitrogen and oxygen atoms in total. The zero-order chi connectivity index (χ0) is 18.2. The largest absolute Gasteiger partial charge is 0.468 e. The molecular weight excluding hydrogens is 328 g/mol. The van der Waals surface area contributed by atoms with Gasteiger partial charge < -0.3 is 14.3 Å². The van der Waals surface area contributed by atoms with Crippen molar-refractivity contribution in [3.8, 4) is 6.07 Å². The van der Waals surface area contributed by atoms with Gasteiger partial charge in [0.2, 0.25) is 0 Å². The lowest BCUT2D eigenvalue weighted by atomic mass is 9.89. The molecule has 1 heterocycles. The number of hydrogen-bond acceptors (Lipinski definition) is 5. The minimum Gasteiger partial charge on any atom is -0.468 e. The van der Waals surface area contributed by atoms with Gasteiger partial charge in [0.25, 0.3) is 0 Å². The number of furan rings is 1. The smallest absolute Gasteiger partial charge is 0.117 e. The maximum atomic E-state index is 10.4. The van der Waals surface area contributed by atoms with Gasteiger partial charge >= 0.3 is 0 Å². The number of aryl methyl sites for hydroxylation is 1. The molecule has 5 heteroatoms. The Bertz CT molecular complexity index is 708. The first kappa shape index (κ1) is 18.7. The predicted octanol–water partition coefficient (Wildman–Crippen LogP) is 3.45. The molecule has 0 fully saturated rings. The molecule has 2 aromatic rings. The second kappa shape index (κ2) is 9.54. The predicted molar refractivity (Wildman–Crippen MR) is 98.3 cm³/mol. The van der Waals surface area contributed by atoms with Crippen LogP contribution in [0.1, 0.15) is 42.3 Å². The summed E-state index contributed by atoms with van der Waals surface area (Å²) in [5.74, 6) is 0.831. The Morgan fingerprint density at radius 3 is 3.00 bits per heavy atom. The highest BCUT2D eigenvalue weighted by molar-refractivity contribution is 5.31. The Labute approximate surface area is 154 Å². The third kappa shape index (κ3) is 5.18. The standard InChI is InChI=1S/C21H26N2O3/c22-11-5-12-23(15-19-8-4-13-25-19)14-18(24)16-26-21-10-3-7-17-6-1-2-9-20(17)21/h1-2,4,6,8-9,13,18,21,24H,3,5,7,10,12,14-16H2/t18-,21+/m0/s1. The van der Waals surface area contributed by atoms with Crippen LogP contribution in [0.25, 0.3) is 0 Å². The number of fused-ring (bicyclic) bond motifs is 1. The number of hydrogen-bond donors (Lipinski definition) is 1. The van der Waals surface area contributed by atoms with Crippen LogP contribution < -0.4 is 0 Å². The summed E-state index contributed by atoms with van der Waals surface area (Å²) in [5.41, 5.74) is 2.61. The molecule has 3 rings (SSSR count). The quantitative estimate of drug-likeness (QED) is 0.747.